The van der Waals surface area contributed by atoms with Crippen molar-refractivity contribution in [2.24, 2.45) is 11.3 Å². The Hall–Kier alpha value is -1.38. The highest BCUT2D eigenvalue weighted by Gasteiger charge is 2.50. The molecule has 3 nitrogen and oxygen atoms in total. The van der Waals surface area contributed by atoms with Gasteiger partial charge >= 0.3 is 0 Å². The Balaban J connectivity index is 1.90. The molecule has 0 aromatic carbocycles. The lowest BCUT2D eigenvalue weighted by molar-refractivity contribution is -0.123. The molecule has 3 heteroatoms. The van der Waals surface area contributed by atoms with Gasteiger partial charge in [-0.05, 0) is 36.8 Å². The van der Waals surface area contributed by atoms with Crippen molar-refractivity contribution in [3.05, 3.63) is 29.1 Å². The van der Waals surface area contributed by atoms with Crippen molar-refractivity contribution < 1.29 is 4.79 Å². The van der Waals surface area contributed by atoms with Gasteiger partial charge in [0.1, 0.15) is 0 Å². The molecule has 1 heterocycles. The summed E-state index contributed by atoms with van der Waals surface area (Å²) in [6.07, 6.45) is 2.84. The van der Waals surface area contributed by atoms with E-state index in [1.165, 1.54) is 5.56 Å². The van der Waals surface area contributed by atoms with Crippen LogP contribution in [0, 0.1) is 25.2 Å². The summed E-state index contributed by atoms with van der Waals surface area (Å²) in [6, 6.07) is 2.08. The first-order valence-corrected chi connectivity index (χ1v) is 6.10. The second-order valence-corrected chi connectivity index (χ2v) is 5.71. The van der Waals surface area contributed by atoms with Gasteiger partial charge < -0.3 is 5.32 Å². The molecule has 1 unspecified atom stereocenters. The van der Waals surface area contributed by atoms with Crippen LogP contribution in [0.3, 0.4) is 0 Å². The molecule has 1 aliphatic carbocycles. The van der Waals surface area contributed by atoms with E-state index in [0.29, 0.717) is 6.54 Å². The van der Waals surface area contributed by atoms with Crippen molar-refractivity contribution in [2.75, 3.05) is 0 Å². The van der Waals surface area contributed by atoms with Crippen LogP contribution < -0.4 is 5.32 Å². The average molecular weight is 232 g/mol. The molecular formula is C14H20N2O. The number of amides is 1. The van der Waals surface area contributed by atoms with Gasteiger partial charge in [0.2, 0.25) is 5.91 Å². The van der Waals surface area contributed by atoms with Crippen LogP contribution in [0.1, 0.15) is 37.1 Å². The summed E-state index contributed by atoms with van der Waals surface area (Å²) < 4.78 is 0. The minimum absolute atomic E-state index is 0.174. The van der Waals surface area contributed by atoms with Gasteiger partial charge in [-0.2, -0.15) is 0 Å². The van der Waals surface area contributed by atoms with E-state index < -0.39 is 0 Å². The van der Waals surface area contributed by atoms with Crippen LogP contribution in [0.2, 0.25) is 0 Å². The van der Waals surface area contributed by atoms with Crippen molar-refractivity contribution in [3.63, 3.8) is 0 Å². The predicted octanol–water partition coefficient (Wildman–Crippen LogP) is 2.36. The lowest BCUT2D eigenvalue weighted by Crippen LogP contribution is -2.26. The summed E-state index contributed by atoms with van der Waals surface area (Å²) in [5.41, 5.74) is 3.48. The molecule has 17 heavy (non-hydrogen) atoms. The summed E-state index contributed by atoms with van der Waals surface area (Å²) in [5.74, 6) is 0.371. The van der Waals surface area contributed by atoms with E-state index in [9.17, 15) is 4.79 Å². The van der Waals surface area contributed by atoms with E-state index in [2.05, 4.69) is 30.2 Å². The maximum absolute atomic E-state index is 11.8. The second kappa shape index (κ2) is 4.13. The molecule has 1 amide bonds. The molecule has 92 valence electrons. The van der Waals surface area contributed by atoms with E-state index in [-0.39, 0.29) is 17.2 Å². The van der Waals surface area contributed by atoms with Gasteiger partial charge in [-0.3, -0.25) is 9.78 Å². The molecule has 2 rings (SSSR count). The SMILES string of the molecule is Cc1cc(CNC(=O)C2CC2(C)C)cnc1C. The van der Waals surface area contributed by atoms with Gasteiger partial charge in [0, 0.05) is 24.4 Å². The smallest absolute Gasteiger partial charge is 0.223 e. The maximum atomic E-state index is 11.8. The highest BCUT2D eigenvalue weighted by Crippen LogP contribution is 2.51. The number of carbonyl (C=O) groups is 1. The molecular weight excluding hydrogens is 212 g/mol. The molecule has 1 aromatic rings. The first kappa shape index (κ1) is 12.1. The summed E-state index contributed by atoms with van der Waals surface area (Å²) in [5, 5.41) is 2.98. The van der Waals surface area contributed by atoms with E-state index in [1.54, 1.807) is 0 Å². The fourth-order valence-corrected chi connectivity index (χ4v) is 2.03. The number of hydrogen-bond donors (Lipinski definition) is 1. The maximum Gasteiger partial charge on any atom is 0.223 e. The highest BCUT2D eigenvalue weighted by molar-refractivity contribution is 5.82. The number of carbonyl (C=O) groups excluding carboxylic acids is 1. The van der Waals surface area contributed by atoms with Crippen LogP contribution in [0.4, 0.5) is 0 Å². The van der Waals surface area contributed by atoms with Gasteiger partial charge in [-0.1, -0.05) is 19.9 Å². The first-order valence-electron chi connectivity index (χ1n) is 6.10. The van der Waals surface area contributed by atoms with Gasteiger partial charge in [0.15, 0.2) is 0 Å². The molecule has 0 radical (unpaired) electrons. The Morgan fingerprint density at radius 1 is 1.53 bits per heavy atom. The quantitative estimate of drug-likeness (QED) is 0.869. The largest absolute Gasteiger partial charge is 0.352 e. The van der Waals surface area contributed by atoms with Crippen LogP contribution in [0.15, 0.2) is 12.3 Å². The molecule has 1 N–H and O–H groups in total. The molecule has 0 saturated heterocycles. The fraction of sp³-hybridized carbons (Fsp3) is 0.571. The van der Waals surface area contributed by atoms with Crippen molar-refractivity contribution in [2.45, 2.75) is 40.7 Å². The fourth-order valence-electron chi connectivity index (χ4n) is 2.03. The number of aromatic nitrogens is 1. The third kappa shape index (κ3) is 2.65. The summed E-state index contributed by atoms with van der Waals surface area (Å²) in [6.45, 7) is 8.88. The van der Waals surface area contributed by atoms with E-state index >= 15 is 0 Å². The zero-order chi connectivity index (χ0) is 12.6. The van der Waals surface area contributed by atoms with Crippen LogP contribution in [-0.4, -0.2) is 10.9 Å². The second-order valence-electron chi connectivity index (χ2n) is 5.71. The van der Waals surface area contributed by atoms with Gasteiger partial charge in [-0.25, -0.2) is 0 Å². The number of rotatable bonds is 3. The molecule has 0 bridgehead atoms. The lowest BCUT2D eigenvalue weighted by Gasteiger charge is -2.08. The molecule has 1 saturated carbocycles. The Labute approximate surface area is 103 Å². The highest BCUT2D eigenvalue weighted by atomic mass is 16.2. The number of aryl methyl sites for hydroxylation is 2. The standard InChI is InChI=1S/C14H20N2O/c1-9-5-11(7-15-10(9)2)8-16-13(17)12-6-14(12,3)4/h5,7,12H,6,8H2,1-4H3,(H,16,17). The van der Waals surface area contributed by atoms with Crippen molar-refractivity contribution in [1.29, 1.82) is 0 Å². The summed E-state index contributed by atoms with van der Waals surface area (Å²) >= 11 is 0. The molecule has 1 fully saturated rings. The molecule has 1 aliphatic rings. The summed E-state index contributed by atoms with van der Waals surface area (Å²) in [7, 11) is 0. The topological polar surface area (TPSA) is 42.0 Å². The molecule has 1 aromatic heterocycles. The monoisotopic (exact) mass is 232 g/mol. The van der Waals surface area contributed by atoms with Crippen LogP contribution in [0.25, 0.3) is 0 Å². The van der Waals surface area contributed by atoms with E-state index in [1.807, 2.05) is 20.0 Å². The lowest BCUT2D eigenvalue weighted by atomic mass is 10.1. The Kier molecular flexibility index (Phi) is 2.94. The third-order valence-electron chi connectivity index (χ3n) is 3.69. The Morgan fingerprint density at radius 3 is 2.71 bits per heavy atom. The van der Waals surface area contributed by atoms with Gasteiger partial charge in [-0.15, -0.1) is 0 Å². The number of nitrogens with one attached hydrogen (secondary N) is 1. The van der Waals surface area contributed by atoms with Crippen molar-refractivity contribution in [1.82, 2.24) is 10.3 Å². The molecule has 1 atom stereocenters. The molecule has 0 aliphatic heterocycles. The number of nitrogens with zero attached hydrogens (tertiary/aromatic N) is 1. The van der Waals surface area contributed by atoms with E-state index in [0.717, 1.165) is 17.7 Å². The van der Waals surface area contributed by atoms with Gasteiger partial charge in [0.25, 0.3) is 0 Å². The normalized spacial score (nSPS) is 21.1. The average Bonchev–Trinajstić information content (AvgIpc) is 2.89. The minimum Gasteiger partial charge on any atom is -0.352 e. The van der Waals surface area contributed by atoms with E-state index in [4.69, 9.17) is 0 Å². The van der Waals surface area contributed by atoms with Crippen LogP contribution in [-0.2, 0) is 11.3 Å². The van der Waals surface area contributed by atoms with Crippen molar-refractivity contribution in [3.8, 4) is 0 Å². The molecule has 0 spiro atoms. The van der Waals surface area contributed by atoms with Crippen molar-refractivity contribution >= 4 is 5.91 Å². The Bertz CT molecular complexity index is 452. The summed E-state index contributed by atoms with van der Waals surface area (Å²) in [4.78, 5) is 16.1. The number of hydrogen-bond acceptors (Lipinski definition) is 2. The first-order chi connectivity index (χ1) is 7.90. The Morgan fingerprint density at radius 2 is 2.18 bits per heavy atom. The predicted molar refractivity (Wildman–Crippen MR) is 67.4 cm³/mol. The minimum atomic E-state index is 0.174. The zero-order valence-corrected chi connectivity index (χ0v) is 11.0. The number of pyridine rings is 1. The van der Waals surface area contributed by atoms with Crippen LogP contribution in [0.5, 0.6) is 0 Å². The zero-order valence-electron chi connectivity index (χ0n) is 11.0. The van der Waals surface area contributed by atoms with Gasteiger partial charge in [0.05, 0.1) is 0 Å². The van der Waals surface area contributed by atoms with Crippen LogP contribution >= 0.6 is 0 Å². The third-order valence-corrected chi connectivity index (χ3v) is 3.69.